The van der Waals surface area contributed by atoms with Crippen LogP contribution in [-0.4, -0.2) is 25.9 Å². The maximum atomic E-state index is 13.3. The number of benzene rings is 2. The average molecular weight is 333 g/mol. The summed E-state index contributed by atoms with van der Waals surface area (Å²) >= 11 is 0. The quantitative estimate of drug-likeness (QED) is 0.837. The Morgan fingerprint density at radius 3 is 2.12 bits per heavy atom. The molecule has 2 nitrogen and oxygen atoms in total. The van der Waals surface area contributed by atoms with E-state index in [-0.39, 0.29) is 6.61 Å². The molecule has 0 bridgehead atoms. The van der Waals surface area contributed by atoms with Gasteiger partial charge in [-0.2, -0.15) is 13.2 Å². The molecule has 0 spiro atoms. The van der Waals surface area contributed by atoms with Crippen molar-refractivity contribution >= 4 is 0 Å². The summed E-state index contributed by atoms with van der Waals surface area (Å²) in [5, 5.41) is 2.56. The molecule has 0 fully saturated rings. The van der Waals surface area contributed by atoms with Crippen LogP contribution in [0.3, 0.4) is 0 Å². The molecule has 0 aliphatic rings. The molecule has 1 N–H and O–H groups in total. The van der Waals surface area contributed by atoms with Crippen LogP contribution in [0.2, 0.25) is 0 Å². The molecule has 0 aliphatic carbocycles. The van der Waals surface area contributed by atoms with Crippen LogP contribution < -0.4 is 5.32 Å². The van der Waals surface area contributed by atoms with Crippen molar-refractivity contribution in [1.82, 2.24) is 5.32 Å². The van der Waals surface area contributed by atoms with Crippen LogP contribution in [0.1, 0.15) is 17.2 Å². The summed E-state index contributed by atoms with van der Waals surface area (Å²) in [5.41, 5.74) is 1.26. The Hall–Kier alpha value is -2.29. The molecule has 0 radical (unpaired) electrons. The van der Waals surface area contributed by atoms with Crippen LogP contribution in [0.4, 0.5) is 13.2 Å². The fraction of sp³-hybridized carbons (Fsp3) is 0.263. The zero-order valence-electron chi connectivity index (χ0n) is 13.2. The first-order chi connectivity index (χ1) is 11.5. The lowest BCUT2D eigenvalue weighted by molar-refractivity contribution is -0.144. The number of ether oxygens (including phenoxy) is 1. The summed E-state index contributed by atoms with van der Waals surface area (Å²) in [7, 11) is 1.45. The number of hydrogen-bond donors (Lipinski definition) is 1. The molecule has 24 heavy (non-hydrogen) atoms. The molecule has 0 heterocycles. The lowest BCUT2D eigenvalue weighted by Gasteiger charge is -2.24. The summed E-state index contributed by atoms with van der Waals surface area (Å²) in [6.45, 7) is 0.115. The zero-order valence-corrected chi connectivity index (χ0v) is 13.2. The van der Waals surface area contributed by atoms with E-state index in [1.165, 1.54) is 7.11 Å². The van der Waals surface area contributed by atoms with Gasteiger partial charge in [0.15, 0.2) is 6.04 Å². The Labute approximate surface area is 139 Å². The second-order valence-electron chi connectivity index (χ2n) is 5.20. The average Bonchev–Trinajstić information content (AvgIpc) is 2.58. The largest absolute Gasteiger partial charge is 0.415 e. The van der Waals surface area contributed by atoms with Crippen molar-refractivity contribution in [2.24, 2.45) is 0 Å². The molecule has 0 amide bonds. The molecule has 2 aromatic rings. The Bertz CT molecular complexity index is 674. The molecule has 0 saturated heterocycles. The predicted octanol–water partition coefficient (Wildman–Crippen LogP) is 3.95. The minimum absolute atomic E-state index is 0.115. The zero-order chi connectivity index (χ0) is 17.4. The van der Waals surface area contributed by atoms with Crippen LogP contribution in [0, 0.1) is 11.8 Å². The second kappa shape index (κ2) is 8.53. The SMILES string of the molecule is COC[C@H](NC(C#Cc1ccccc1)C(F)(F)F)c1ccccc1. The van der Waals surface area contributed by atoms with Gasteiger partial charge in [0.05, 0.1) is 12.6 Å². The number of halogens is 3. The topological polar surface area (TPSA) is 21.3 Å². The van der Waals surface area contributed by atoms with E-state index in [9.17, 15) is 13.2 Å². The lowest BCUT2D eigenvalue weighted by Crippen LogP contribution is -2.44. The molecule has 1 unspecified atom stereocenters. The van der Waals surface area contributed by atoms with Gasteiger partial charge in [-0.25, -0.2) is 0 Å². The van der Waals surface area contributed by atoms with Crippen molar-refractivity contribution in [2.75, 3.05) is 13.7 Å². The summed E-state index contributed by atoms with van der Waals surface area (Å²) in [4.78, 5) is 0. The number of alkyl halides is 3. The molecule has 0 aromatic heterocycles. The molecule has 126 valence electrons. The normalized spacial score (nSPS) is 13.7. The van der Waals surface area contributed by atoms with Crippen LogP contribution in [0.15, 0.2) is 60.7 Å². The predicted molar refractivity (Wildman–Crippen MR) is 87.4 cm³/mol. The molecule has 2 aromatic carbocycles. The fourth-order valence-corrected chi connectivity index (χ4v) is 2.19. The Morgan fingerprint density at radius 2 is 1.58 bits per heavy atom. The molecule has 5 heteroatoms. The van der Waals surface area contributed by atoms with Gasteiger partial charge >= 0.3 is 6.18 Å². The van der Waals surface area contributed by atoms with Crippen LogP contribution in [0.25, 0.3) is 0 Å². The van der Waals surface area contributed by atoms with Crippen LogP contribution >= 0.6 is 0 Å². The third-order valence-corrected chi connectivity index (χ3v) is 3.37. The van der Waals surface area contributed by atoms with Crippen LogP contribution in [0.5, 0.6) is 0 Å². The first-order valence-corrected chi connectivity index (χ1v) is 7.44. The molecule has 0 aliphatic heterocycles. The first kappa shape index (κ1) is 18.1. The molecule has 2 rings (SSSR count). The highest BCUT2D eigenvalue weighted by Gasteiger charge is 2.40. The Morgan fingerprint density at radius 1 is 1.00 bits per heavy atom. The van der Waals surface area contributed by atoms with Gasteiger partial charge in [-0.1, -0.05) is 60.4 Å². The van der Waals surface area contributed by atoms with E-state index >= 15 is 0 Å². The minimum atomic E-state index is -4.48. The van der Waals surface area contributed by atoms with E-state index < -0.39 is 18.3 Å². The number of methoxy groups -OCH3 is 1. The van der Waals surface area contributed by atoms with E-state index in [1.807, 2.05) is 6.07 Å². The highest BCUT2D eigenvalue weighted by molar-refractivity contribution is 5.35. The van der Waals surface area contributed by atoms with E-state index in [0.717, 1.165) is 5.56 Å². The summed E-state index contributed by atoms with van der Waals surface area (Å²) in [6, 6.07) is 14.9. The maximum Gasteiger partial charge on any atom is 0.415 e. The van der Waals surface area contributed by atoms with Gasteiger partial charge < -0.3 is 4.74 Å². The summed E-state index contributed by atoms with van der Waals surface area (Å²) < 4.78 is 45.1. The molecule has 0 saturated carbocycles. The second-order valence-corrected chi connectivity index (χ2v) is 5.20. The monoisotopic (exact) mass is 333 g/mol. The lowest BCUT2D eigenvalue weighted by atomic mass is 10.1. The minimum Gasteiger partial charge on any atom is -0.383 e. The third-order valence-electron chi connectivity index (χ3n) is 3.37. The van der Waals surface area contributed by atoms with Crippen molar-refractivity contribution in [3.8, 4) is 11.8 Å². The van der Waals surface area contributed by atoms with E-state index in [0.29, 0.717) is 5.56 Å². The van der Waals surface area contributed by atoms with Crippen molar-refractivity contribution in [1.29, 1.82) is 0 Å². The van der Waals surface area contributed by atoms with Gasteiger partial charge in [0.1, 0.15) is 0 Å². The van der Waals surface area contributed by atoms with Gasteiger partial charge in [-0.15, -0.1) is 0 Å². The van der Waals surface area contributed by atoms with Crippen molar-refractivity contribution in [3.63, 3.8) is 0 Å². The molecular formula is C19H18F3NO. The van der Waals surface area contributed by atoms with Crippen molar-refractivity contribution < 1.29 is 17.9 Å². The summed E-state index contributed by atoms with van der Waals surface area (Å²) in [5.74, 6) is 4.87. The van der Waals surface area contributed by atoms with Gasteiger partial charge in [0, 0.05) is 12.7 Å². The maximum absolute atomic E-state index is 13.3. The molecular weight excluding hydrogens is 315 g/mol. The van der Waals surface area contributed by atoms with Crippen LogP contribution in [-0.2, 0) is 4.74 Å². The van der Waals surface area contributed by atoms with E-state index in [4.69, 9.17) is 4.74 Å². The van der Waals surface area contributed by atoms with Gasteiger partial charge in [0.2, 0.25) is 0 Å². The van der Waals surface area contributed by atoms with E-state index in [1.54, 1.807) is 54.6 Å². The van der Waals surface area contributed by atoms with Gasteiger partial charge in [0.25, 0.3) is 0 Å². The molecule has 2 atom stereocenters. The number of hydrogen-bond acceptors (Lipinski definition) is 2. The Kier molecular flexibility index (Phi) is 6.42. The smallest absolute Gasteiger partial charge is 0.383 e. The highest BCUT2D eigenvalue weighted by atomic mass is 19.4. The Balaban J connectivity index is 2.23. The van der Waals surface area contributed by atoms with Crippen molar-refractivity contribution in [2.45, 2.75) is 18.3 Å². The van der Waals surface area contributed by atoms with E-state index in [2.05, 4.69) is 17.2 Å². The highest BCUT2D eigenvalue weighted by Crippen LogP contribution is 2.23. The third kappa shape index (κ3) is 5.41. The first-order valence-electron chi connectivity index (χ1n) is 7.44. The number of rotatable bonds is 5. The van der Waals surface area contributed by atoms with Gasteiger partial charge in [-0.05, 0) is 17.7 Å². The summed E-state index contributed by atoms with van der Waals surface area (Å²) in [6.07, 6.45) is -4.48. The van der Waals surface area contributed by atoms with Crippen molar-refractivity contribution in [3.05, 3.63) is 71.8 Å². The standard InChI is InChI=1S/C19H18F3NO/c1-24-14-17(16-10-6-3-7-11-16)23-18(19(20,21)22)13-12-15-8-4-2-5-9-15/h2-11,17-18,23H,14H2,1H3/t17-,18?/m0/s1. The van der Waals surface area contributed by atoms with Gasteiger partial charge in [-0.3, -0.25) is 5.32 Å². The fourth-order valence-electron chi connectivity index (χ4n) is 2.19. The number of nitrogens with one attached hydrogen (secondary N) is 1.